The Balaban J connectivity index is 2.04. The van der Waals surface area contributed by atoms with Crippen LogP contribution in [0, 0.1) is 5.82 Å². The Morgan fingerprint density at radius 2 is 2.11 bits per heavy atom. The third-order valence-electron chi connectivity index (χ3n) is 2.43. The summed E-state index contributed by atoms with van der Waals surface area (Å²) < 4.78 is 14.6. The first-order valence-electron chi connectivity index (χ1n) is 5.41. The van der Waals surface area contributed by atoms with Crippen molar-refractivity contribution in [2.75, 3.05) is 0 Å². The molecule has 0 aliphatic carbocycles. The normalized spacial score (nSPS) is 10.6. The topological polar surface area (TPSA) is 38.9 Å². The third-order valence-corrected chi connectivity index (χ3v) is 3.89. The van der Waals surface area contributed by atoms with E-state index < -0.39 is 0 Å². The molecule has 2 N–H and O–H groups in total. The van der Waals surface area contributed by atoms with Gasteiger partial charge < -0.3 is 5.73 Å². The number of rotatable bonds is 4. The summed E-state index contributed by atoms with van der Waals surface area (Å²) in [5.41, 5.74) is 6.94. The Bertz CT molecular complexity index is 531. The zero-order valence-corrected chi connectivity index (χ0v) is 12.0. The van der Waals surface area contributed by atoms with Crippen LogP contribution in [-0.4, -0.2) is 4.98 Å². The third kappa shape index (κ3) is 3.54. The van der Waals surface area contributed by atoms with Gasteiger partial charge >= 0.3 is 0 Å². The molecule has 94 valence electrons. The van der Waals surface area contributed by atoms with E-state index in [1.54, 1.807) is 12.3 Å². The molecule has 0 radical (unpaired) electrons. The minimum Gasteiger partial charge on any atom is -0.326 e. The maximum Gasteiger partial charge on any atom is 0.127 e. The van der Waals surface area contributed by atoms with E-state index in [4.69, 9.17) is 5.73 Å². The SMILES string of the molecule is NCc1ccc(CSc2ccc(Br)cn2)c(F)c1. The summed E-state index contributed by atoms with van der Waals surface area (Å²) in [6.07, 6.45) is 1.73. The van der Waals surface area contributed by atoms with Gasteiger partial charge in [-0.15, -0.1) is 11.8 Å². The van der Waals surface area contributed by atoms with Gasteiger partial charge in [0.2, 0.25) is 0 Å². The van der Waals surface area contributed by atoms with Gasteiger partial charge in [0, 0.05) is 23.0 Å². The zero-order valence-electron chi connectivity index (χ0n) is 9.57. The molecule has 5 heteroatoms. The molecule has 0 spiro atoms. The van der Waals surface area contributed by atoms with Crippen molar-refractivity contribution in [3.8, 4) is 0 Å². The molecule has 0 saturated carbocycles. The van der Waals surface area contributed by atoms with Crippen molar-refractivity contribution in [1.29, 1.82) is 0 Å². The van der Waals surface area contributed by atoms with Gasteiger partial charge in [-0.25, -0.2) is 9.37 Å². The number of benzene rings is 1. The van der Waals surface area contributed by atoms with Crippen LogP contribution in [0.4, 0.5) is 4.39 Å². The van der Waals surface area contributed by atoms with Gasteiger partial charge in [-0.05, 0) is 45.3 Å². The fourth-order valence-corrected chi connectivity index (χ4v) is 2.50. The highest BCUT2D eigenvalue weighted by Gasteiger charge is 2.04. The summed E-state index contributed by atoms with van der Waals surface area (Å²) in [5.74, 6) is 0.355. The number of halogens is 2. The van der Waals surface area contributed by atoms with Gasteiger partial charge in [0.1, 0.15) is 5.82 Å². The van der Waals surface area contributed by atoms with Crippen LogP contribution in [0.15, 0.2) is 46.0 Å². The lowest BCUT2D eigenvalue weighted by molar-refractivity contribution is 0.615. The highest BCUT2D eigenvalue weighted by Crippen LogP contribution is 2.23. The lowest BCUT2D eigenvalue weighted by Crippen LogP contribution is -1.98. The number of hydrogen-bond donors (Lipinski definition) is 1. The van der Waals surface area contributed by atoms with Crippen LogP contribution in [0.3, 0.4) is 0 Å². The summed E-state index contributed by atoms with van der Waals surface area (Å²) in [6.45, 7) is 0.360. The van der Waals surface area contributed by atoms with E-state index in [0.717, 1.165) is 15.1 Å². The largest absolute Gasteiger partial charge is 0.326 e. The first-order valence-corrected chi connectivity index (χ1v) is 7.18. The average molecular weight is 327 g/mol. The molecule has 0 aliphatic rings. The fraction of sp³-hybridized carbons (Fsp3) is 0.154. The molecule has 2 aromatic rings. The van der Waals surface area contributed by atoms with E-state index in [9.17, 15) is 4.39 Å². The molecule has 0 unspecified atom stereocenters. The molecular formula is C13H12BrFN2S. The Hall–Kier alpha value is -0.910. The Morgan fingerprint density at radius 1 is 1.28 bits per heavy atom. The minimum atomic E-state index is -0.206. The van der Waals surface area contributed by atoms with Crippen LogP contribution in [-0.2, 0) is 12.3 Å². The standard InChI is InChI=1S/C13H12BrFN2S/c14-11-3-4-13(17-7-11)18-8-10-2-1-9(6-16)5-12(10)15/h1-5,7H,6,8,16H2. The quantitative estimate of drug-likeness (QED) is 0.870. The number of nitrogens with zero attached hydrogens (tertiary/aromatic N) is 1. The van der Waals surface area contributed by atoms with Crippen LogP contribution in [0.1, 0.15) is 11.1 Å². The predicted molar refractivity (Wildman–Crippen MR) is 75.8 cm³/mol. The first-order chi connectivity index (χ1) is 8.69. The molecule has 2 nitrogen and oxygen atoms in total. The molecule has 0 fully saturated rings. The molecule has 0 saturated heterocycles. The minimum absolute atomic E-state index is 0.206. The second-order valence-corrected chi connectivity index (χ2v) is 5.64. The lowest BCUT2D eigenvalue weighted by Gasteiger charge is -2.05. The summed E-state index contributed by atoms with van der Waals surface area (Å²) in [7, 11) is 0. The Kier molecular flexibility index (Phi) is 4.74. The first kappa shape index (κ1) is 13.5. The van der Waals surface area contributed by atoms with Crippen LogP contribution in [0.5, 0.6) is 0 Å². The molecule has 1 aromatic heterocycles. The average Bonchev–Trinajstić information content (AvgIpc) is 2.39. The molecule has 0 atom stereocenters. The molecule has 18 heavy (non-hydrogen) atoms. The number of aromatic nitrogens is 1. The van der Waals surface area contributed by atoms with Gasteiger partial charge in [0.05, 0.1) is 5.03 Å². The van der Waals surface area contributed by atoms with E-state index in [1.165, 1.54) is 17.8 Å². The smallest absolute Gasteiger partial charge is 0.127 e. The van der Waals surface area contributed by atoms with Crippen LogP contribution >= 0.6 is 27.7 Å². The lowest BCUT2D eigenvalue weighted by atomic mass is 10.1. The van der Waals surface area contributed by atoms with Crippen molar-refractivity contribution in [3.63, 3.8) is 0 Å². The van der Waals surface area contributed by atoms with Crippen molar-refractivity contribution >= 4 is 27.7 Å². The zero-order chi connectivity index (χ0) is 13.0. The Labute approximate surface area is 118 Å². The second-order valence-electron chi connectivity index (χ2n) is 3.73. The van der Waals surface area contributed by atoms with E-state index >= 15 is 0 Å². The summed E-state index contributed by atoms with van der Waals surface area (Å²) in [6, 6.07) is 8.95. The van der Waals surface area contributed by atoms with Crippen LogP contribution < -0.4 is 5.73 Å². The molecule has 1 heterocycles. The number of thioether (sulfide) groups is 1. The molecule has 2 rings (SSSR count). The van der Waals surface area contributed by atoms with Crippen LogP contribution in [0.2, 0.25) is 0 Å². The number of nitrogens with two attached hydrogens (primary N) is 1. The van der Waals surface area contributed by atoms with Gasteiger partial charge in [0.15, 0.2) is 0 Å². The number of pyridine rings is 1. The molecule has 0 aliphatic heterocycles. The fourth-order valence-electron chi connectivity index (χ4n) is 1.43. The van der Waals surface area contributed by atoms with E-state index in [-0.39, 0.29) is 5.82 Å². The molecule has 1 aromatic carbocycles. The molecule has 0 amide bonds. The van der Waals surface area contributed by atoms with Gasteiger partial charge in [-0.1, -0.05) is 12.1 Å². The van der Waals surface area contributed by atoms with Gasteiger partial charge in [-0.3, -0.25) is 0 Å². The van der Waals surface area contributed by atoms with Crippen molar-refractivity contribution < 1.29 is 4.39 Å². The highest BCUT2D eigenvalue weighted by atomic mass is 79.9. The van der Waals surface area contributed by atoms with E-state index in [1.807, 2.05) is 18.2 Å². The number of hydrogen-bond acceptors (Lipinski definition) is 3. The summed E-state index contributed by atoms with van der Waals surface area (Å²) in [5, 5.41) is 0.875. The van der Waals surface area contributed by atoms with Crippen molar-refractivity contribution in [1.82, 2.24) is 4.98 Å². The van der Waals surface area contributed by atoms with Gasteiger partial charge in [-0.2, -0.15) is 0 Å². The maximum atomic E-state index is 13.7. The highest BCUT2D eigenvalue weighted by molar-refractivity contribution is 9.10. The molecule has 0 bridgehead atoms. The van der Waals surface area contributed by atoms with Crippen molar-refractivity contribution in [3.05, 3.63) is 57.9 Å². The molecular weight excluding hydrogens is 315 g/mol. The monoisotopic (exact) mass is 326 g/mol. The summed E-state index contributed by atoms with van der Waals surface area (Å²) >= 11 is 4.83. The van der Waals surface area contributed by atoms with Gasteiger partial charge in [0.25, 0.3) is 0 Å². The Morgan fingerprint density at radius 3 is 2.72 bits per heavy atom. The van der Waals surface area contributed by atoms with E-state index in [2.05, 4.69) is 20.9 Å². The van der Waals surface area contributed by atoms with Crippen LogP contribution in [0.25, 0.3) is 0 Å². The summed E-state index contributed by atoms with van der Waals surface area (Å²) in [4.78, 5) is 4.23. The van der Waals surface area contributed by atoms with E-state index in [0.29, 0.717) is 17.9 Å². The van der Waals surface area contributed by atoms with Crippen molar-refractivity contribution in [2.45, 2.75) is 17.3 Å². The van der Waals surface area contributed by atoms with Crippen molar-refractivity contribution in [2.24, 2.45) is 5.73 Å². The second kappa shape index (κ2) is 6.31. The predicted octanol–water partition coefficient (Wildman–Crippen LogP) is 3.73. The maximum absolute atomic E-state index is 13.7.